The van der Waals surface area contributed by atoms with Gasteiger partial charge in [-0.3, -0.25) is 0 Å². The van der Waals surface area contributed by atoms with Crippen LogP contribution in [0.15, 0.2) is 23.8 Å². The zero-order valence-electron chi connectivity index (χ0n) is 9.85. The molecule has 0 amide bonds. The average Bonchev–Trinajstić information content (AvgIpc) is 2.38. The van der Waals surface area contributed by atoms with E-state index in [2.05, 4.69) is 6.07 Å². The third kappa shape index (κ3) is 2.82. The lowest BCUT2D eigenvalue weighted by molar-refractivity contribution is -0.0667. The molecule has 1 heterocycles. The van der Waals surface area contributed by atoms with Crippen molar-refractivity contribution in [2.24, 2.45) is 0 Å². The van der Waals surface area contributed by atoms with E-state index in [1.54, 1.807) is 31.4 Å². The van der Waals surface area contributed by atoms with Crippen molar-refractivity contribution in [3.05, 3.63) is 34.4 Å². The van der Waals surface area contributed by atoms with E-state index >= 15 is 0 Å². The minimum absolute atomic E-state index is 0.364. The van der Waals surface area contributed by atoms with Crippen LogP contribution >= 0.6 is 11.6 Å². The number of methoxy groups -OCH3 is 1. The van der Waals surface area contributed by atoms with Gasteiger partial charge in [0.25, 0.3) is 0 Å². The molecule has 1 atom stereocenters. The van der Waals surface area contributed by atoms with Crippen LogP contribution in [0.25, 0.3) is 6.08 Å². The molecule has 94 valence electrons. The summed E-state index contributed by atoms with van der Waals surface area (Å²) in [5, 5.41) is 9.67. The van der Waals surface area contributed by atoms with E-state index in [9.17, 15) is 0 Å². The van der Waals surface area contributed by atoms with Gasteiger partial charge in [-0.15, -0.1) is 0 Å². The fourth-order valence-corrected chi connectivity index (χ4v) is 1.78. The van der Waals surface area contributed by atoms with Gasteiger partial charge < -0.3 is 14.2 Å². The highest BCUT2D eigenvalue weighted by Crippen LogP contribution is 2.31. The van der Waals surface area contributed by atoms with Gasteiger partial charge in [0.15, 0.2) is 0 Å². The quantitative estimate of drug-likeness (QED) is 0.786. The first kappa shape index (κ1) is 12.9. The van der Waals surface area contributed by atoms with E-state index in [4.69, 9.17) is 31.1 Å². The molecule has 1 aliphatic rings. The summed E-state index contributed by atoms with van der Waals surface area (Å²) in [5.41, 5.74) is 1.20. The van der Waals surface area contributed by atoms with Crippen molar-refractivity contribution in [3.63, 3.8) is 0 Å². The molecular weight excluding hydrogens is 254 g/mol. The molecule has 0 radical (unpaired) electrons. The van der Waals surface area contributed by atoms with Crippen LogP contribution in [0.3, 0.4) is 0 Å². The molecule has 18 heavy (non-hydrogen) atoms. The third-order valence-electron chi connectivity index (χ3n) is 2.46. The topological polar surface area (TPSA) is 51.5 Å². The Morgan fingerprint density at radius 1 is 1.44 bits per heavy atom. The Kier molecular flexibility index (Phi) is 4.21. The Hall–Kier alpha value is -1.54. The van der Waals surface area contributed by atoms with Crippen LogP contribution in [0.1, 0.15) is 5.56 Å². The van der Waals surface area contributed by atoms with E-state index in [1.807, 2.05) is 0 Å². The van der Waals surface area contributed by atoms with Crippen LogP contribution in [-0.2, 0) is 9.47 Å². The lowest BCUT2D eigenvalue weighted by Gasteiger charge is -2.24. The zero-order chi connectivity index (χ0) is 13.0. The maximum absolute atomic E-state index is 9.07. The summed E-state index contributed by atoms with van der Waals surface area (Å²) in [6, 6.07) is 7.31. The van der Waals surface area contributed by atoms with Crippen LogP contribution in [0.4, 0.5) is 0 Å². The largest absolute Gasteiger partial charge is 0.459 e. The molecule has 0 bridgehead atoms. The number of nitrogens with zero attached hydrogens (tertiary/aromatic N) is 1. The van der Waals surface area contributed by atoms with E-state index < -0.39 is 6.29 Å². The van der Waals surface area contributed by atoms with E-state index in [-0.39, 0.29) is 0 Å². The second kappa shape index (κ2) is 5.87. The molecule has 1 unspecified atom stereocenters. The van der Waals surface area contributed by atoms with E-state index in [1.165, 1.54) is 0 Å². The predicted molar refractivity (Wildman–Crippen MR) is 67.3 cm³/mol. The van der Waals surface area contributed by atoms with Crippen LogP contribution < -0.4 is 4.74 Å². The Labute approximate surface area is 110 Å². The Bertz CT molecular complexity index is 507. The highest BCUT2D eigenvalue weighted by atomic mass is 35.5. The number of halogens is 1. The summed E-state index contributed by atoms with van der Waals surface area (Å²) in [6.07, 6.45) is 1.04. The number of ether oxygens (including phenoxy) is 3. The van der Waals surface area contributed by atoms with Crippen molar-refractivity contribution in [1.29, 1.82) is 5.26 Å². The minimum Gasteiger partial charge on any atom is -0.459 e. The summed E-state index contributed by atoms with van der Waals surface area (Å²) >= 11 is 5.89. The number of benzene rings is 1. The molecule has 0 N–H and O–H groups in total. The lowest BCUT2D eigenvalue weighted by atomic mass is 10.1. The number of hydrogen-bond acceptors (Lipinski definition) is 4. The Morgan fingerprint density at radius 3 is 3.00 bits per heavy atom. The van der Waals surface area contributed by atoms with Gasteiger partial charge in [-0.05, 0) is 24.3 Å². The van der Waals surface area contributed by atoms with Crippen molar-refractivity contribution >= 4 is 17.7 Å². The van der Waals surface area contributed by atoms with Gasteiger partial charge in [-0.1, -0.05) is 11.6 Å². The summed E-state index contributed by atoms with van der Waals surface area (Å²) in [4.78, 5) is 0. The molecule has 4 nitrogen and oxygen atoms in total. The van der Waals surface area contributed by atoms with Crippen LogP contribution in [0.2, 0.25) is 5.02 Å². The molecule has 1 aromatic carbocycles. The standard InChI is InChI=1S/C13H12ClNO3/c1-16-4-5-17-13-10(8-15)6-9-7-11(14)2-3-12(9)18-13/h2-3,6-7,13H,4-5H2,1H3. The zero-order valence-corrected chi connectivity index (χ0v) is 10.6. The molecule has 0 aromatic heterocycles. The maximum atomic E-state index is 9.07. The summed E-state index contributed by atoms with van der Waals surface area (Å²) < 4.78 is 15.9. The molecule has 5 heteroatoms. The molecule has 0 spiro atoms. The van der Waals surface area contributed by atoms with Gasteiger partial charge in [0.05, 0.1) is 18.8 Å². The number of hydrogen-bond donors (Lipinski definition) is 0. The first-order chi connectivity index (χ1) is 8.74. The SMILES string of the molecule is COCCOC1Oc2ccc(Cl)cc2C=C1C#N. The monoisotopic (exact) mass is 265 g/mol. The van der Waals surface area contributed by atoms with Gasteiger partial charge in [0, 0.05) is 17.7 Å². The van der Waals surface area contributed by atoms with Crippen molar-refractivity contribution in [2.75, 3.05) is 20.3 Å². The fourth-order valence-electron chi connectivity index (χ4n) is 1.60. The maximum Gasteiger partial charge on any atom is 0.236 e. The van der Waals surface area contributed by atoms with Gasteiger partial charge in [-0.2, -0.15) is 5.26 Å². The second-order valence-electron chi connectivity index (χ2n) is 3.71. The number of fused-ring (bicyclic) bond motifs is 1. The average molecular weight is 266 g/mol. The van der Waals surface area contributed by atoms with E-state index in [0.717, 1.165) is 5.56 Å². The first-order valence-electron chi connectivity index (χ1n) is 5.43. The van der Waals surface area contributed by atoms with Gasteiger partial charge in [-0.25, -0.2) is 0 Å². The lowest BCUT2D eigenvalue weighted by Crippen LogP contribution is -2.26. The molecule has 0 fully saturated rings. The first-order valence-corrected chi connectivity index (χ1v) is 5.81. The third-order valence-corrected chi connectivity index (χ3v) is 2.69. The molecule has 0 saturated carbocycles. The van der Waals surface area contributed by atoms with Gasteiger partial charge in [0.2, 0.25) is 6.29 Å². The smallest absolute Gasteiger partial charge is 0.236 e. The molecular formula is C13H12ClNO3. The van der Waals surface area contributed by atoms with Gasteiger partial charge in [0.1, 0.15) is 11.8 Å². The predicted octanol–water partition coefficient (Wildman–Crippen LogP) is 2.63. The normalized spacial score (nSPS) is 17.4. The van der Waals surface area contributed by atoms with Crippen molar-refractivity contribution in [2.45, 2.75) is 6.29 Å². The van der Waals surface area contributed by atoms with Crippen LogP contribution in [0, 0.1) is 11.3 Å². The molecule has 0 aliphatic carbocycles. The summed E-state index contributed by atoms with van der Waals surface area (Å²) in [7, 11) is 1.59. The second-order valence-corrected chi connectivity index (χ2v) is 4.14. The van der Waals surface area contributed by atoms with E-state index in [0.29, 0.717) is 29.6 Å². The molecule has 1 aromatic rings. The Morgan fingerprint density at radius 2 is 2.28 bits per heavy atom. The molecule has 0 saturated heterocycles. The summed E-state index contributed by atoms with van der Waals surface area (Å²) in [5.74, 6) is 0.654. The van der Waals surface area contributed by atoms with Crippen molar-refractivity contribution < 1.29 is 14.2 Å². The minimum atomic E-state index is -0.682. The van der Waals surface area contributed by atoms with Crippen LogP contribution in [0.5, 0.6) is 5.75 Å². The van der Waals surface area contributed by atoms with Crippen LogP contribution in [-0.4, -0.2) is 26.6 Å². The van der Waals surface area contributed by atoms with Gasteiger partial charge >= 0.3 is 0 Å². The van der Waals surface area contributed by atoms with Crippen molar-refractivity contribution in [1.82, 2.24) is 0 Å². The summed E-state index contributed by atoms with van der Waals surface area (Å²) in [6.45, 7) is 0.815. The highest BCUT2D eigenvalue weighted by Gasteiger charge is 2.23. The molecule has 2 rings (SSSR count). The highest BCUT2D eigenvalue weighted by molar-refractivity contribution is 6.30. The fraction of sp³-hybridized carbons (Fsp3) is 0.308. The number of nitriles is 1. The Balaban J connectivity index is 2.18. The number of rotatable bonds is 4. The van der Waals surface area contributed by atoms with Crippen molar-refractivity contribution in [3.8, 4) is 11.8 Å². The molecule has 1 aliphatic heterocycles.